The molecule has 0 unspecified atom stereocenters. The lowest BCUT2D eigenvalue weighted by Gasteiger charge is -2.49. The van der Waals surface area contributed by atoms with Crippen molar-refractivity contribution in [1.29, 1.82) is 0 Å². The van der Waals surface area contributed by atoms with Crippen LogP contribution in [0.25, 0.3) is 0 Å². The average Bonchev–Trinajstić information content (AvgIpc) is 2.59. The molecule has 0 aromatic heterocycles. The second kappa shape index (κ2) is 7.22. The van der Waals surface area contributed by atoms with Gasteiger partial charge in [0.15, 0.2) is 0 Å². The van der Waals surface area contributed by atoms with Crippen LogP contribution in [0.15, 0.2) is 30.3 Å². The molecule has 0 amide bonds. The summed E-state index contributed by atoms with van der Waals surface area (Å²) in [5.41, 5.74) is 1.62. The summed E-state index contributed by atoms with van der Waals surface area (Å²) in [5, 5.41) is 0. The highest BCUT2D eigenvalue weighted by molar-refractivity contribution is 7.99. The van der Waals surface area contributed by atoms with E-state index in [0.717, 1.165) is 11.8 Å². The minimum absolute atomic E-state index is 0.391. The van der Waals surface area contributed by atoms with Gasteiger partial charge in [-0.05, 0) is 49.3 Å². The first kappa shape index (κ1) is 15.5. The minimum Gasteiger partial charge on any atom is -0.153 e. The Morgan fingerprint density at radius 1 is 0.762 bits per heavy atom. The van der Waals surface area contributed by atoms with Crippen molar-refractivity contribution in [2.75, 3.05) is 6.26 Å². The van der Waals surface area contributed by atoms with E-state index in [2.05, 4.69) is 48.3 Å². The van der Waals surface area contributed by atoms with Crippen LogP contribution >= 0.6 is 11.8 Å². The van der Waals surface area contributed by atoms with Crippen LogP contribution in [0.2, 0.25) is 0 Å². The van der Waals surface area contributed by atoms with E-state index in [1.165, 1.54) is 64.2 Å². The molecule has 0 nitrogen and oxygen atoms in total. The summed E-state index contributed by atoms with van der Waals surface area (Å²) in [5.74, 6) is 1.79. The summed E-state index contributed by atoms with van der Waals surface area (Å²) in [6.07, 6.45) is 16.9. The zero-order valence-corrected chi connectivity index (χ0v) is 14.3. The first-order valence-electron chi connectivity index (χ1n) is 8.98. The predicted molar refractivity (Wildman–Crippen MR) is 94.8 cm³/mol. The second-order valence-electron chi connectivity index (χ2n) is 7.03. The Bertz CT molecular complexity index is 395. The fourth-order valence-electron chi connectivity index (χ4n) is 5.02. The molecular formula is C20H30S. The van der Waals surface area contributed by atoms with Gasteiger partial charge in [0.2, 0.25) is 0 Å². The third-order valence-corrected chi connectivity index (χ3v) is 7.56. The first-order valence-corrected chi connectivity index (χ1v) is 10.2. The van der Waals surface area contributed by atoms with Gasteiger partial charge in [0.05, 0.1) is 0 Å². The molecule has 1 heteroatoms. The zero-order valence-electron chi connectivity index (χ0n) is 13.5. The predicted octanol–water partition coefficient (Wildman–Crippen LogP) is 6.41. The van der Waals surface area contributed by atoms with Gasteiger partial charge in [0, 0.05) is 4.75 Å². The molecule has 0 heterocycles. The van der Waals surface area contributed by atoms with Gasteiger partial charge in [-0.25, -0.2) is 0 Å². The van der Waals surface area contributed by atoms with E-state index >= 15 is 0 Å². The standard InChI is InChI=1S/C20H30S/c1-21-20(17-11-5-2-6-12-17,18-13-7-3-8-14-18)19-15-9-4-10-16-19/h2,5-6,11-12,18-19H,3-4,7-10,13-16H2,1H3. The normalized spacial score (nSPS) is 22.3. The molecule has 0 radical (unpaired) electrons. The first-order chi connectivity index (χ1) is 10.4. The molecule has 0 saturated heterocycles. The quantitative estimate of drug-likeness (QED) is 0.619. The lowest BCUT2D eigenvalue weighted by molar-refractivity contribution is 0.175. The van der Waals surface area contributed by atoms with E-state index in [-0.39, 0.29) is 0 Å². The molecule has 0 bridgehead atoms. The Morgan fingerprint density at radius 2 is 1.24 bits per heavy atom. The number of thioether (sulfide) groups is 1. The SMILES string of the molecule is CSC(c1ccccc1)(C1CCCCC1)C1CCCCC1. The Hall–Kier alpha value is -0.430. The molecule has 2 aliphatic rings. The van der Waals surface area contributed by atoms with E-state index in [0.29, 0.717) is 4.75 Å². The fraction of sp³-hybridized carbons (Fsp3) is 0.700. The van der Waals surface area contributed by atoms with E-state index in [1.807, 2.05) is 0 Å². The summed E-state index contributed by atoms with van der Waals surface area (Å²) in [7, 11) is 0. The van der Waals surface area contributed by atoms with Crippen molar-refractivity contribution in [3.8, 4) is 0 Å². The number of hydrogen-bond acceptors (Lipinski definition) is 1. The maximum absolute atomic E-state index is 2.42. The van der Waals surface area contributed by atoms with Crippen molar-refractivity contribution in [3.63, 3.8) is 0 Å². The van der Waals surface area contributed by atoms with Gasteiger partial charge >= 0.3 is 0 Å². The van der Waals surface area contributed by atoms with Gasteiger partial charge in [-0.1, -0.05) is 68.9 Å². The molecule has 0 atom stereocenters. The van der Waals surface area contributed by atoms with Crippen LogP contribution < -0.4 is 0 Å². The molecule has 2 saturated carbocycles. The molecule has 2 fully saturated rings. The Labute approximate surface area is 135 Å². The lowest BCUT2D eigenvalue weighted by Crippen LogP contribution is -2.41. The molecule has 1 aromatic rings. The number of benzene rings is 1. The van der Waals surface area contributed by atoms with Crippen molar-refractivity contribution >= 4 is 11.8 Å². The Kier molecular flexibility index (Phi) is 5.32. The Morgan fingerprint density at radius 3 is 1.67 bits per heavy atom. The van der Waals surface area contributed by atoms with Crippen LogP contribution in [0.3, 0.4) is 0 Å². The van der Waals surface area contributed by atoms with E-state index in [4.69, 9.17) is 0 Å². The lowest BCUT2D eigenvalue weighted by atomic mass is 9.66. The van der Waals surface area contributed by atoms with Crippen LogP contribution in [-0.2, 0) is 4.75 Å². The maximum atomic E-state index is 2.42. The van der Waals surface area contributed by atoms with Crippen molar-refractivity contribution in [1.82, 2.24) is 0 Å². The zero-order chi connectivity index (χ0) is 14.5. The molecule has 2 aliphatic carbocycles. The second-order valence-corrected chi connectivity index (χ2v) is 8.12. The third-order valence-electron chi connectivity index (χ3n) is 5.99. The van der Waals surface area contributed by atoms with Gasteiger partial charge in [0.25, 0.3) is 0 Å². The molecule has 1 aromatic carbocycles. The molecule has 3 rings (SSSR count). The summed E-state index contributed by atoms with van der Waals surface area (Å²) < 4.78 is 0.391. The molecule has 0 N–H and O–H groups in total. The van der Waals surface area contributed by atoms with Crippen LogP contribution in [0.5, 0.6) is 0 Å². The van der Waals surface area contributed by atoms with E-state index < -0.39 is 0 Å². The maximum Gasteiger partial charge on any atom is 0.0461 e. The molecule has 0 spiro atoms. The molecular weight excluding hydrogens is 272 g/mol. The Balaban J connectivity index is 1.98. The van der Waals surface area contributed by atoms with Crippen molar-refractivity contribution in [2.45, 2.75) is 69.0 Å². The van der Waals surface area contributed by atoms with Gasteiger partial charge < -0.3 is 0 Å². The smallest absolute Gasteiger partial charge is 0.0461 e. The van der Waals surface area contributed by atoms with E-state index in [9.17, 15) is 0 Å². The average molecular weight is 303 g/mol. The topological polar surface area (TPSA) is 0 Å². The fourth-order valence-corrected chi connectivity index (χ4v) is 6.53. The van der Waals surface area contributed by atoms with Crippen molar-refractivity contribution < 1.29 is 0 Å². The largest absolute Gasteiger partial charge is 0.153 e. The molecule has 116 valence electrons. The van der Waals surface area contributed by atoms with Crippen LogP contribution in [-0.4, -0.2) is 6.26 Å². The van der Waals surface area contributed by atoms with Gasteiger partial charge in [0.1, 0.15) is 0 Å². The molecule has 0 aliphatic heterocycles. The highest BCUT2D eigenvalue weighted by atomic mass is 32.2. The monoisotopic (exact) mass is 302 g/mol. The van der Waals surface area contributed by atoms with Gasteiger partial charge in [-0.15, -0.1) is 0 Å². The van der Waals surface area contributed by atoms with E-state index in [1.54, 1.807) is 5.56 Å². The van der Waals surface area contributed by atoms with Crippen molar-refractivity contribution in [3.05, 3.63) is 35.9 Å². The summed E-state index contributed by atoms with van der Waals surface area (Å²) in [6, 6.07) is 11.5. The minimum atomic E-state index is 0.391. The van der Waals surface area contributed by atoms with Crippen LogP contribution in [0, 0.1) is 11.8 Å². The van der Waals surface area contributed by atoms with Gasteiger partial charge in [-0.3, -0.25) is 0 Å². The highest BCUT2D eigenvalue weighted by Gasteiger charge is 2.46. The molecule has 21 heavy (non-hydrogen) atoms. The highest BCUT2D eigenvalue weighted by Crippen LogP contribution is 2.56. The van der Waals surface area contributed by atoms with Gasteiger partial charge in [-0.2, -0.15) is 11.8 Å². The number of rotatable bonds is 4. The summed E-state index contributed by atoms with van der Waals surface area (Å²) in [4.78, 5) is 0. The summed E-state index contributed by atoms with van der Waals surface area (Å²) in [6.45, 7) is 0. The summed E-state index contributed by atoms with van der Waals surface area (Å²) >= 11 is 2.18. The van der Waals surface area contributed by atoms with Crippen molar-refractivity contribution in [2.24, 2.45) is 11.8 Å². The van der Waals surface area contributed by atoms with Crippen LogP contribution in [0.1, 0.15) is 69.8 Å². The van der Waals surface area contributed by atoms with Crippen LogP contribution in [0.4, 0.5) is 0 Å². The third kappa shape index (κ3) is 3.04. The number of hydrogen-bond donors (Lipinski definition) is 0.